The number of carbonyl (C=O) groups excluding carboxylic acids is 1. The standard InChI is InChI=1S/C26H24F2N6O/c1-33-6-8-34(9-7-33)25-12-18(4-5-30-25)23(35)13-24-31-16-19-3-2-17(11-22(19)32-24)20-10-21(26(27)28)15-29-14-20/h2-5,10-12,14-16,26H,6-9,13H2,1H3. The second-order valence-electron chi connectivity index (χ2n) is 8.66. The maximum Gasteiger partial charge on any atom is 0.265 e. The molecule has 9 heteroatoms. The quantitative estimate of drug-likeness (QED) is 0.388. The molecular weight excluding hydrogens is 450 g/mol. The van der Waals surface area contributed by atoms with Gasteiger partial charge in [-0.15, -0.1) is 0 Å². The van der Waals surface area contributed by atoms with Crippen molar-refractivity contribution in [2.75, 3.05) is 38.1 Å². The number of anilines is 1. The molecule has 1 saturated heterocycles. The monoisotopic (exact) mass is 474 g/mol. The van der Waals surface area contributed by atoms with Gasteiger partial charge in [-0.3, -0.25) is 9.78 Å². The number of piperazine rings is 1. The molecule has 1 aliphatic heterocycles. The second-order valence-corrected chi connectivity index (χ2v) is 8.66. The van der Waals surface area contributed by atoms with E-state index in [1.807, 2.05) is 18.2 Å². The third-order valence-electron chi connectivity index (χ3n) is 6.19. The zero-order valence-electron chi connectivity index (χ0n) is 19.2. The lowest BCUT2D eigenvalue weighted by Crippen LogP contribution is -2.44. The number of halogens is 2. The van der Waals surface area contributed by atoms with Crippen LogP contribution in [0.15, 0.2) is 61.2 Å². The van der Waals surface area contributed by atoms with Crippen LogP contribution in [-0.2, 0) is 6.42 Å². The summed E-state index contributed by atoms with van der Waals surface area (Å²) in [7, 11) is 2.09. The number of alkyl halides is 2. The van der Waals surface area contributed by atoms with E-state index in [9.17, 15) is 13.6 Å². The largest absolute Gasteiger partial charge is 0.354 e. The van der Waals surface area contributed by atoms with Gasteiger partial charge in [0.05, 0.1) is 11.9 Å². The van der Waals surface area contributed by atoms with Gasteiger partial charge in [0.25, 0.3) is 6.43 Å². The van der Waals surface area contributed by atoms with Gasteiger partial charge in [0.15, 0.2) is 5.78 Å². The summed E-state index contributed by atoms with van der Waals surface area (Å²) < 4.78 is 26.2. The van der Waals surface area contributed by atoms with Crippen LogP contribution < -0.4 is 4.90 Å². The molecule has 1 aliphatic rings. The number of hydrogen-bond acceptors (Lipinski definition) is 7. The fourth-order valence-electron chi connectivity index (χ4n) is 4.11. The molecule has 0 N–H and O–H groups in total. The minimum atomic E-state index is -2.59. The summed E-state index contributed by atoms with van der Waals surface area (Å²) in [5.74, 6) is 1.11. The van der Waals surface area contributed by atoms with Crippen molar-refractivity contribution in [2.24, 2.45) is 0 Å². The molecule has 3 aromatic heterocycles. The van der Waals surface area contributed by atoms with Crippen molar-refractivity contribution >= 4 is 22.5 Å². The molecule has 0 aliphatic carbocycles. The van der Waals surface area contributed by atoms with Crippen molar-refractivity contribution in [3.05, 3.63) is 78.1 Å². The molecule has 0 bridgehead atoms. The number of fused-ring (bicyclic) bond motifs is 1. The van der Waals surface area contributed by atoms with E-state index < -0.39 is 6.43 Å². The number of rotatable bonds is 6. The van der Waals surface area contributed by atoms with Crippen molar-refractivity contribution in [1.29, 1.82) is 0 Å². The fraction of sp³-hybridized carbons (Fsp3) is 0.269. The van der Waals surface area contributed by atoms with Crippen LogP contribution in [-0.4, -0.2) is 63.8 Å². The molecule has 0 unspecified atom stereocenters. The summed E-state index contributed by atoms with van der Waals surface area (Å²) in [5.41, 5.74) is 2.37. The van der Waals surface area contributed by atoms with Crippen molar-refractivity contribution in [1.82, 2.24) is 24.8 Å². The Morgan fingerprint density at radius 2 is 1.80 bits per heavy atom. The van der Waals surface area contributed by atoms with Crippen LogP contribution in [0.3, 0.4) is 0 Å². The minimum Gasteiger partial charge on any atom is -0.354 e. The number of aromatic nitrogens is 4. The Bertz CT molecular complexity index is 1370. The van der Waals surface area contributed by atoms with Gasteiger partial charge in [-0.2, -0.15) is 0 Å². The third kappa shape index (κ3) is 5.14. The van der Waals surface area contributed by atoms with Gasteiger partial charge in [0.2, 0.25) is 0 Å². The van der Waals surface area contributed by atoms with Crippen LogP contribution in [0, 0.1) is 0 Å². The van der Waals surface area contributed by atoms with E-state index in [2.05, 4.69) is 36.8 Å². The minimum absolute atomic E-state index is 0.0504. The first-order valence-electron chi connectivity index (χ1n) is 11.4. The molecule has 0 saturated carbocycles. The number of ketones is 1. The molecular formula is C26H24F2N6O. The van der Waals surface area contributed by atoms with E-state index in [1.54, 1.807) is 30.7 Å². The maximum absolute atomic E-state index is 13.1. The number of nitrogens with zero attached hydrogens (tertiary/aromatic N) is 6. The van der Waals surface area contributed by atoms with E-state index in [-0.39, 0.29) is 17.8 Å². The third-order valence-corrected chi connectivity index (χ3v) is 6.19. The summed E-state index contributed by atoms with van der Waals surface area (Å²) in [6.45, 7) is 3.64. The van der Waals surface area contributed by atoms with Crippen molar-refractivity contribution < 1.29 is 13.6 Å². The highest BCUT2D eigenvalue weighted by molar-refractivity contribution is 5.98. The van der Waals surface area contributed by atoms with E-state index in [1.165, 1.54) is 6.07 Å². The molecule has 1 fully saturated rings. The van der Waals surface area contributed by atoms with E-state index in [4.69, 9.17) is 0 Å². The molecule has 0 radical (unpaired) electrons. The van der Waals surface area contributed by atoms with Crippen LogP contribution in [0.2, 0.25) is 0 Å². The Hall–Kier alpha value is -3.85. The Morgan fingerprint density at radius 1 is 0.971 bits per heavy atom. The molecule has 0 amide bonds. The van der Waals surface area contributed by atoms with Gasteiger partial charge in [0, 0.05) is 73.0 Å². The fourth-order valence-corrected chi connectivity index (χ4v) is 4.11. The van der Waals surface area contributed by atoms with Gasteiger partial charge in [-0.1, -0.05) is 12.1 Å². The molecule has 35 heavy (non-hydrogen) atoms. The number of Topliss-reactive ketones (excluding diaryl/α,β-unsaturated/α-hetero) is 1. The van der Waals surface area contributed by atoms with Crippen LogP contribution in [0.4, 0.5) is 14.6 Å². The molecule has 178 valence electrons. The van der Waals surface area contributed by atoms with Crippen molar-refractivity contribution in [2.45, 2.75) is 12.8 Å². The first-order chi connectivity index (χ1) is 17.0. The highest BCUT2D eigenvalue weighted by Gasteiger charge is 2.17. The van der Waals surface area contributed by atoms with Crippen LogP contribution in [0.25, 0.3) is 22.0 Å². The lowest BCUT2D eigenvalue weighted by atomic mass is 10.0. The normalized spacial score (nSPS) is 14.6. The first-order valence-corrected chi connectivity index (χ1v) is 11.4. The average molecular weight is 475 g/mol. The van der Waals surface area contributed by atoms with E-state index >= 15 is 0 Å². The van der Waals surface area contributed by atoms with Crippen molar-refractivity contribution in [3.63, 3.8) is 0 Å². The molecule has 7 nitrogen and oxygen atoms in total. The van der Waals surface area contributed by atoms with Gasteiger partial charge in [0.1, 0.15) is 11.6 Å². The number of likely N-dealkylation sites (N-methyl/N-ethyl adjacent to an activating group) is 1. The Kier molecular flexibility index (Phi) is 6.41. The lowest BCUT2D eigenvalue weighted by molar-refractivity contribution is 0.0990. The second kappa shape index (κ2) is 9.79. The van der Waals surface area contributed by atoms with Crippen LogP contribution >= 0.6 is 0 Å². The molecule has 0 atom stereocenters. The summed E-state index contributed by atoms with van der Waals surface area (Å²) >= 11 is 0. The zero-order valence-corrected chi connectivity index (χ0v) is 19.2. The van der Waals surface area contributed by atoms with Gasteiger partial charge in [-0.25, -0.2) is 23.7 Å². The Morgan fingerprint density at radius 3 is 2.60 bits per heavy atom. The first kappa shape index (κ1) is 22.9. The summed E-state index contributed by atoms with van der Waals surface area (Å²) in [6.07, 6.45) is 3.50. The molecule has 4 heterocycles. The summed E-state index contributed by atoms with van der Waals surface area (Å²) in [6, 6.07) is 10.4. The highest BCUT2D eigenvalue weighted by atomic mass is 19.3. The van der Waals surface area contributed by atoms with Gasteiger partial charge >= 0.3 is 0 Å². The smallest absolute Gasteiger partial charge is 0.265 e. The van der Waals surface area contributed by atoms with Crippen LogP contribution in [0.1, 0.15) is 28.2 Å². The number of carbonyl (C=O) groups is 1. The topological polar surface area (TPSA) is 75.1 Å². The van der Waals surface area contributed by atoms with Gasteiger partial charge in [-0.05, 0) is 36.9 Å². The Labute approximate surface area is 201 Å². The Balaban J connectivity index is 1.36. The number of benzene rings is 1. The predicted octanol–water partition coefficient (Wildman–Crippen LogP) is 4.20. The summed E-state index contributed by atoms with van der Waals surface area (Å²) in [4.78, 5) is 34.8. The van der Waals surface area contributed by atoms with Crippen molar-refractivity contribution in [3.8, 4) is 11.1 Å². The molecule has 5 rings (SSSR count). The van der Waals surface area contributed by atoms with Crippen LogP contribution in [0.5, 0.6) is 0 Å². The average Bonchev–Trinajstić information content (AvgIpc) is 2.89. The predicted molar refractivity (Wildman–Crippen MR) is 130 cm³/mol. The number of hydrogen-bond donors (Lipinski definition) is 0. The van der Waals surface area contributed by atoms with E-state index in [0.29, 0.717) is 22.5 Å². The summed E-state index contributed by atoms with van der Waals surface area (Å²) in [5, 5.41) is 0.796. The molecule has 1 aromatic carbocycles. The number of pyridine rings is 2. The van der Waals surface area contributed by atoms with Gasteiger partial charge < -0.3 is 9.80 Å². The zero-order chi connectivity index (χ0) is 24.4. The molecule has 0 spiro atoms. The molecule has 4 aromatic rings. The highest BCUT2D eigenvalue weighted by Crippen LogP contribution is 2.27. The van der Waals surface area contributed by atoms with E-state index in [0.717, 1.165) is 49.1 Å². The lowest BCUT2D eigenvalue weighted by Gasteiger charge is -2.33. The SMILES string of the molecule is CN1CCN(c2cc(C(=O)Cc3ncc4ccc(-c5cncc(C(F)F)c5)cc4n3)ccn2)CC1. The maximum atomic E-state index is 13.1.